The van der Waals surface area contributed by atoms with Gasteiger partial charge < -0.3 is 14.7 Å². The first-order valence-electron chi connectivity index (χ1n) is 10.7. The fraction of sp³-hybridized carbons (Fsp3) is 0.292. The molecule has 0 saturated carbocycles. The maximum atomic E-state index is 13.1. The van der Waals surface area contributed by atoms with Crippen LogP contribution in [0.5, 0.6) is 0 Å². The molecule has 1 aromatic carbocycles. The zero-order valence-corrected chi connectivity index (χ0v) is 18.8. The molecule has 0 bridgehead atoms. The lowest BCUT2D eigenvalue weighted by molar-refractivity contribution is -0.119. The van der Waals surface area contributed by atoms with E-state index in [4.69, 9.17) is 4.42 Å². The number of aromatic nitrogens is 2. The van der Waals surface area contributed by atoms with Gasteiger partial charge in [-0.2, -0.15) is 0 Å². The molecule has 3 aromatic heterocycles. The van der Waals surface area contributed by atoms with E-state index in [1.54, 1.807) is 6.07 Å². The van der Waals surface area contributed by atoms with Crippen LogP contribution in [0, 0.1) is 5.92 Å². The van der Waals surface area contributed by atoms with Gasteiger partial charge in [0.2, 0.25) is 5.91 Å². The largest absolute Gasteiger partial charge is 0.458 e. The Morgan fingerprint density at radius 2 is 2.16 bits per heavy atom. The predicted octanol–water partition coefficient (Wildman–Crippen LogP) is 4.90. The average Bonchev–Trinajstić information content (AvgIpc) is 3.50. The lowest BCUT2D eigenvalue weighted by Crippen LogP contribution is -2.18. The number of aryl methyl sites for hydroxylation is 1. The van der Waals surface area contributed by atoms with E-state index < -0.39 is 0 Å². The lowest BCUT2D eigenvalue weighted by Gasteiger charge is -2.17. The number of hydrogen-bond acceptors (Lipinski definition) is 5. The number of nitrogens with one attached hydrogen (secondary N) is 3. The summed E-state index contributed by atoms with van der Waals surface area (Å²) in [5.41, 5.74) is 4.76. The molecule has 0 saturated heterocycles. The molecular weight excluding hydrogens is 424 g/mol. The summed E-state index contributed by atoms with van der Waals surface area (Å²) in [7, 11) is 0. The van der Waals surface area contributed by atoms with Crippen LogP contribution in [0.15, 0.2) is 40.1 Å². The monoisotopic (exact) mass is 448 g/mol. The van der Waals surface area contributed by atoms with Crippen molar-refractivity contribution in [3.05, 3.63) is 58.3 Å². The Kier molecular flexibility index (Phi) is 5.30. The molecule has 2 amide bonds. The highest BCUT2D eigenvalue weighted by Crippen LogP contribution is 2.33. The Morgan fingerprint density at radius 3 is 3.00 bits per heavy atom. The minimum absolute atomic E-state index is 0.117. The number of rotatable bonds is 5. The highest BCUT2D eigenvalue weighted by Gasteiger charge is 2.22. The van der Waals surface area contributed by atoms with Crippen molar-refractivity contribution >= 4 is 39.2 Å². The van der Waals surface area contributed by atoms with Gasteiger partial charge >= 0.3 is 0 Å². The molecule has 1 unspecified atom stereocenters. The number of benzene rings is 1. The molecule has 1 atom stereocenters. The number of para-hydroxylation sites is 1. The van der Waals surface area contributed by atoms with E-state index in [0.29, 0.717) is 40.4 Å². The van der Waals surface area contributed by atoms with Crippen LogP contribution in [-0.4, -0.2) is 21.8 Å². The summed E-state index contributed by atoms with van der Waals surface area (Å²) in [5, 5.41) is 9.11. The first kappa shape index (κ1) is 20.5. The minimum Gasteiger partial charge on any atom is -0.458 e. The number of furan rings is 1. The Bertz CT molecular complexity index is 1320. The van der Waals surface area contributed by atoms with Crippen LogP contribution in [0.1, 0.15) is 47.6 Å². The first-order valence-corrected chi connectivity index (χ1v) is 11.6. The highest BCUT2D eigenvalue weighted by molar-refractivity contribution is 7.14. The van der Waals surface area contributed by atoms with Gasteiger partial charge in [-0.15, -0.1) is 11.3 Å². The van der Waals surface area contributed by atoms with Crippen molar-refractivity contribution in [3.63, 3.8) is 0 Å². The molecule has 1 aliphatic carbocycles. The van der Waals surface area contributed by atoms with Gasteiger partial charge in [0.15, 0.2) is 10.9 Å². The third-order valence-corrected chi connectivity index (χ3v) is 6.62. The van der Waals surface area contributed by atoms with E-state index in [-0.39, 0.29) is 11.8 Å². The van der Waals surface area contributed by atoms with Gasteiger partial charge in [-0.25, -0.2) is 4.98 Å². The summed E-state index contributed by atoms with van der Waals surface area (Å²) in [5.74, 6) is 1.59. The predicted molar refractivity (Wildman–Crippen MR) is 125 cm³/mol. The van der Waals surface area contributed by atoms with Crippen molar-refractivity contribution in [2.45, 2.75) is 39.7 Å². The van der Waals surface area contributed by atoms with Crippen LogP contribution in [0.4, 0.5) is 5.13 Å². The molecule has 0 aliphatic heterocycles. The number of anilines is 1. The van der Waals surface area contributed by atoms with Gasteiger partial charge in [-0.1, -0.05) is 19.1 Å². The summed E-state index contributed by atoms with van der Waals surface area (Å²) in [6, 6.07) is 9.49. The molecule has 32 heavy (non-hydrogen) atoms. The number of nitrogens with zero attached hydrogens (tertiary/aromatic N) is 1. The number of aromatic amines is 1. The van der Waals surface area contributed by atoms with Crippen molar-refractivity contribution in [3.8, 4) is 11.5 Å². The fourth-order valence-corrected chi connectivity index (χ4v) is 4.93. The molecule has 164 valence electrons. The Hall–Kier alpha value is -3.39. The zero-order valence-electron chi connectivity index (χ0n) is 18.0. The lowest BCUT2D eigenvalue weighted by atomic mass is 9.87. The average molecular weight is 449 g/mol. The topological polar surface area (TPSA) is 100 Å². The van der Waals surface area contributed by atoms with Gasteiger partial charge in [0, 0.05) is 23.4 Å². The van der Waals surface area contributed by atoms with E-state index in [2.05, 4.69) is 33.6 Å². The number of carbonyl (C=O) groups excluding carboxylic acids is 2. The number of carbonyl (C=O) groups is 2. The second kappa shape index (κ2) is 8.27. The quantitative estimate of drug-likeness (QED) is 0.404. The second-order valence-electron chi connectivity index (χ2n) is 8.33. The summed E-state index contributed by atoms with van der Waals surface area (Å²) < 4.78 is 5.75. The van der Waals surface area contributed by atoms with Crippen molar-refractivity contribution in [1.82, 2.24) is 15.3 Å². The summed E-state index contributed by atoms with van der Waals surface area (Å²) in [4.78, 5) is 32.1. The molecule has 8 heteroatoms. The number of fused-ring (bicyclic) bond motifs is 3. The molecule has 1 aliphatic rings. The van der Waals surface area contributed by atoms with E-state index in [0.717, 1.165) is 23.7 Å². The van der Waals surface area contributed by atoms with Crippen molar-refractivity contribution in [2.75, 3.05) is 5.32 Å². The highest BCUT2D eigenvalue weighted by atomic mass is 32.1. The molecule has 0 radical (unpaired) electrons. The smallest absolute Gasteiger partial charge is 0.259 e. The van der Waals surface area contributed by atoms with Crippen LogP contribution in [0.2, 0.25) is 0 Å². The van der Waals surface area contributed by atoms with Crippen molar-refractivity contribution < 1.29 is 14.0 Å². The molecule has 0 fully saturated rings. The van der Waals surface area contributed by atoms with Gasteiger partial charge in [-0.05, 0) is 48.9 Å². The Balaban J connectivity index is 1.35. The van der Waals surface area contributed by atoms with E-state index in [1.165, 1.54) is 35.9 Å². The number of amides is 2. The van der Waals surface area contributed by atoms with Crippen LogP contribution < -0.4 is 10.6 Å². The minimum atomic E-state index is -0.186. The van der Waals surface area contributed by atoms with E-state index in [9.17, 15) is 9.59 Å². The van der Waals surface area contributed by atoms with Crippen LogP contribution >= 0.6 is 11.3 Å². The summed E-state index contributed by atoms with van der Waals surface area (Å²) in [6.45, 7) is 4.06. The van der Waals surface area contributed by atoms with Crippen LogP contribution in [0.3, 0.4) is 0 Å². The molecular formula is C24H24N4O3S. The Labute approximate surface area is 189 Å². The molecule has 4 aromatic rings. The Morgan fingerprint density at radius 1 is 1.28 bits per heavy atom. The van der Waals surface area contributed by atoms with E-state index >= 15 is 0 Å². The molecule has 3 heterocycles. The van der Waals surface area contributed by atoms with Gasteiger partial charge in [0.25, 0.3) is 5.91 Å². The third kappa shape index (κ3) is 3.93. The van der Waals surface area contributed by atoms with Gasteiger partial charge in [-0.3, -0.25) is 14.9 Å². The summed E-state index contributed by atoms with van der Waals surface area (Å²) in [6.07, 6.45) is 3.24. The number of hydrogen-bond donors (Lipinski definition) is 3. The zero-order chi connectivity index (χ0) is 22.2. The fourth-order valence-electron chi connectivity index (χ4n) is 4.24. The third-order valence-electron chi connectivity index (χ3n) is 5.86. The van der Waals surface area contributed by atoms with E-state index in [1.807, 2.05) is 23.6 Å². The second-order valence-corrected chi connectivity index (χ2v) is 9.18. The van der Waals surface area contributed by atoms with Crippen molar-refractivity contribution in [1.29, 1.82) is 0 Å². The van der Waals surface area contributed by atoms with Crippen molar-refractivity contribution in [2.24, 2.45) is 5.92 Å². The summed E-state index contributed by atoms with van der Waals surface area (Å²) >= 11 is 1.34. The number of H-pyrrole nitrogens is 1. The maximum absolute atomic E-state index is 13.1. The standard InChI is InChI=1S/C24H24N4O3S/c1-13-6-8-19-18(10-13)16-4-3-5-17(22(16)26-19)23(30)28-24-27-20(12-32-24)21-9-7-15(31-21)11-25-14(2)29/h3-5,7,9,12-13,26H,6,8,10-11H2,1-2H3,(H,25,29)(H,27,28,30). The molecule has 5 rings (SSSR count). The normalized spacial score (nSPS) is 15.5. The van der Waals surface area contributed by atoms with Gasteiger partial charge in [0.05, 0.1) is 17.6 Å². The SMILES string of the molecule is CC(=O)NCc1ccc(-c2csc(NC(=O)c3cccc4c5c([nH]c34)CCC(C)C5)n2)o1. The molecule has 3 N–H and O–H groups in total. The van der Waals surface area contributed by atoms with Gasteiger partial charge in [0.1, 0.15) is 11.5 Å². The van der Waals surface area contributed by atoms with Crippen LogP contribution in [0.25, 0.3) is 22.4 Å². The van der Waals surface area contributed by atoms with Crippen LogP contribution in [-0.2, 0) is 24.2 Å². The molecule has 0 spiro atoms. The first-order chi connectivity index (χ1) is 15.5. The maximum Gasteiger partial charge on any atom is 0.259 e. The number of thiazole rings is 1. The molecule has 7 nitrogen and oxygen atoms in total.